The van der Waals surface area contributed by atoms with E-state index in [0.717, 1.165) is 0 Å². The fraction of sp³-hybridized carbons (Fsp3) is 1.00. The van der Waals surface area contributed by atoms with Crippen molar-refractivity contribution in [1.82, 2.24) is 0 Å². The van der Waals surface area contributed by atoms with Crippen LogP contribution in [0.4, 0.5) is 0 Å². The van der Waals surface area contributed by atoms with Crippen molar-refractivity contribution in [3.63, 3.8) is 0 Å². The van der Waals surface area contributed by atoms with E-state index in [1.165, 1.54) is 0 Å². The van der Waals surface area contributed by atoms with Crippen LogP contribution >= 0.6 is 0 Å². The lowest BCUT2D eigenvalue weighted by atomic mass is 9.95. The van der Waals surface area contributed by atoms with E-state index in [-0.39, 0.29) is 0 Å². The van der Waals surface area contributed by atoms with Crippen LogP contribution < -0.4 is 0 Å². The molecule has 5 fully saturated rings. The summed E-state index contributed by atoms with van der Waals surface area (Å²) < 4.78 is 49.0. The van der Waals surface area contributed by atoms with E-state index in [1.54, 1.807) is 0 Å². The molecule has 0 amide bonds. The van der Waals surface area contributed by atoms with Gasteiger partial charge in [-0.05, 0) is 0 Å². The third-order valence-electron chi connectivity index (χ3n) is 10.3. The molecule has 5 aliphatic rings. The van der Waals surface area contributed by atoms with Crippen molar-refractivity contribution in [3.8, 4) is 0 Å². The number of hydrogen-bond donors (Lipinski definition) is 17. The van der Waals surface area contributed by atoms with Crippen molar-refractivity contribution in [2.75, 3.05) is 33.0 Å². The smallest absolute Gasteiger partial charge is 0.187 e. The van der Waals surface area contributed by atoms with Crippen LogP contribution in [0.15, 0.2) is 0 Å². The quantitative estimate of drug-likeness (QED) is 0.0819. The van der Waals surface area contributed by atoms with Gasteiger partial charge in [-0.25, -0.2) is 0 Å². The van der Waals surface area contributed by atoms with Gasteiger partial charge in [-0.15, -0.1) is 0 Å². The van der Waals surface area contributed by atoms with Gasteiger partial charge >= 0.3 is 0 Å². The van der Waals surface area contributed by atoms with E-state index < -0.39 is 187 Å². The molecule has 0 saturated carbocycles. The Kier molecular flexibility index (Phi) is 16.1. The Morgan fingerprint density at radius 1 is 0.268 bits per heavy atom. The zero-order chi connectivity index (χ0) is 41.3. The van der Waals surface area contributed by atoms with Gasteiger partial charge in [0.25, 0.3) is 0 Å². The highest BCUT2D eigenvalue weighted by molar-refractivity contribution is 4.99. The van der Waals surface area contributed by atoms with E-state index >= 15 is 0 Å². The van der Waals surface area contributed by atoms with Gasteiger partial charge in [0.15, 0.2) is 31.5 Å². The van der Waals surface area contributed by atoms with Gasteiger partial charge in [0.05, 0.1) is 33.0 Å². The summed E-state index contributed by atoms with van der Waals surface area (Å²) in [5.41, 5.74) is 0. The zero-order valence-corrected chi connectivity index (χ0v) is 29.2. The third-order valence-corrected chi connectivity index (χ3v) is 10.3. The highest BCUT2D eigenvalue weighted by Crippen LogP contribution is 2.35. The molecule has 0 aromatic rings. The summed E-state index contributed by atoms with van der Waals surface area (Å²) in [6.45, 7) is -4.54. The summed E-state index contributed by atoms with van der Waals surface area (Å²) in [6, 6.07) is 0. The first kappa shape index (κ1) is 46.0. The van der Waals surface area contributed by atoms with Crippen molar-refractivity contribution < 1.29 is 129 Å². The van der Waals surface area contributed by atoms with E-state index in [9.17, 15) is 86.8 Å². The highest BCUT2D eigenvalue weighted by Gasteiger charge is 2.56. The average molecular weight is 829 g/mol. The Bertz CT molecular complexity index is 1210. The second-order valence-corrected chi connectivity index (χ2v) is 13.9. The summed E-state index contributed by atoms with van der Waals surface area (Å²) in [5, 5.41) is 177. The van der Waals surface area contributed by atoms with Crippen molar-refractivity contribution in [2.45, 2.75) is 154 Å². The van der Waals surface area contributed by atoms with Crippen LogP contribution in [-0.4, -0.2) is 273 Å². The maximum absolute atomic E-state index is 11.4. The molecular weight excluding hydrogens is 776 g/mol. The van der Waals surface area contributed by atoms with Crippen LogP contribution in [-0.2, 0) is 42.6 Å². The normalized spacial score (nSPS) is 53.2. The van der Waals surface area contributed by atoms with Crippen molar-refractivity contribution in [2.24, 2.45) is 0 Å². The monoisotopic (exact) mass is 828 g/mol. The lowest BCUT2D eigenvalue weighted by Crippen LogP contribution is -2.68. The lowest BCUT2D eigenvalue weighted by molar-refractivity contribution is -0.396. The molecule has 0 aromatic carbocycles. The first-order chi connectivity index (χ1) is 26.5. The van der Waals surface area contributed by atoms with Crippen molar-refractivity contribution >= 4 is 0 Å². The molecular formula is C30H52O26. The molecule has 0 unspecified atom stereocenters. The SMILES string of the molecule is OC[C@H]1O[C@H](O[C@@H]2[C@H](O)[C@@H](O[C@@H]3[C@H](O)[C@@H](O[C@@H]4[C@H](O)[C@@H](O[C@H]5[C@@H](O)[C@H](O)[C@@H](CO)O[C@@H]5O)O[C@H](CO)[C@H]4O)O[C@H](CO)[C@H]3O)O[C@H](CO)[C@H]2O)[C@@H](O)[C@@H](O)[C@@H]1O. The molecule has 26 nitrogen and oxygen atoms in total. The maximum Gasteiger partial charge on any atom is 0.187 e. The summed E-state index contributed by atoms with van der Waals surface area (Å²) >= 11 is 0. The third kappa shape index (κ3) is 9.16. The second-order valence-electron chi connectivity index (χ2n) is 13.9. The van der Waals surface area contributed by atoms with Gasteiger partial charge in [0, 0.05) is 0 Å². The average Bonchev–Trinajstić information content (AvgIpc) is 3.18. The predicted molar refractivity (Wildman–Crippen MR) is 167 cm³/mol. The van der Waals surface area contributed by atoms with E-state index in [2.05, 4.69) is 0 Å². The Labute approximate surface area is 316 Å². The molecule has 0 spiro atoms. The van der Waals surface area contributed by atoms with Gasteiger partial charge in [-0.2, -0.15) is 0 Å². The Morgan fingerprint density at radius 2 is 0.536 bits per heavy atom. The predicted octanol–water partition coefficient (Wildman–Crippen LogP) is -11.9. The molecule has 5 heterocycles. The fourth-order valence-electron chi connectivity index (χ4n) is 7.00. The summed E-state index contributed by atoms with van der Waals surface area (Å²) in [6.07, 6.45) is -47.1. The molecule has 26 heteroatoms. The molecule has 56 heavy (non-hydrogen) atoms. The van der Waals surface area contributed by atoms with Crippen molar-refractivity contribution in [1.29, 1.82) is 0 Å². The molecule has 0 radical (unpaired) electrons. The Hall–Kier alpha value is -1.04. The number of ether oxygens (including phenoxy) is 9. The van der Waals surface area contributed by atoms with Crippen LogP contribution in [0.1, 0.15) is 0 Å². The fourth-order valence-corrected chi connectivity index (χ4v) is 7.00. The summed E-state index contributed by atoms with van der Waals surface area (Å²) in [5.74, 6) is 0. The Balaban J connectivity index is 1.33. The molecule has 328 valence electrons. The van der Waals surface area contributed by atoms with Crippen molar-refractivity contribution in [3.05, 3.63) is 0 Å². The molecule has 0 aliphatic carbocycles. The van der Waals surface area contributed by atoms with E-state index in [4.69, 9.17) is 42.6 Å². The minimum Gasteiger partial charge on any atom is -0.394 e. The molecule has 5 rings (SSSR count). The van der Waals surface area contributed by atoms with Gasteiger partial charge in [-0.3, -0.25) is 0 Å². The number of hydrogen-bond acceptors (Lipinski definition) is 26. The molecule has 0 bridgehead atoms. The van der Waals surface area contributed by atoms with Crippen LogP contribution in [0.2, 0.25) is 0 Å². The van der Waals surface area contributed by atoms with Gasteiger partial charge < -0.3 is 129 Å². The van der Waals surface area contributed by atoms with Gasteiger partial charge in [0.1, 0.15) is 122 Å². The minimum absolute atomic E-state index is 0.802. The highest BCUT2D eigenvalue weighted by atomic mass is 16.8. The summed E-state index contributed by atoms with van der Waals surface area (Å²) in [4.78, 5) is 0. The molecule has 5 aliphatic heterocycles. The van der Waals surface area contributed by atoms with E-state index in [0.29, 0.717) is 0 Å². The van der Waals surface area contributed by atoms with Crippen LogP contribution in [0.3, 0.4) is 0 Å². The Morgan fingerprint density at radius 3 is 0.875 bits per heavy atom. The van der Waals surface area contributed by atoms with Gasteiger partial charge in [0.2, 0.25) is 0 Å². The zero-order valence-electron chi connectivity index (χ0n) is 29.2. The van der Waals surface area contributed by atoms with Crippen LogP contribution in [0.5, 0.6) is 0 Å². The molecule has 5 saturated heterocycles. The summed E-state index contributed by atoms with van der Waals surface area (Å²) in [7, 11) is 0. The lowest BCUT2D eigenvalue weighted by Gasteiger charge is -2.49. The largest absolute Gasteiger partial charge is 0.394 e. The number of rotatable bonds is 13. The van der Waals surface area contributed by atoms with E-state index in [1.807, 2.05) is 0 Å². The minimum atomic E-state index is -2.18. The maximum atomic E-state index is 11.4. The van der Waals surface area contributed by atoms with Gasteiger partial charge in [-0.1, -0.05) is 0 Å². The van der Waals surface area contributed by atoms with Crippen LogP contribution in [0, 0.1) is 0 Å². The van der Waals surface area contributed by atoms with Crippen LogP contribution in [0.25, 0.3) is 0 Å². The second kappa shape index (κ2) is 19.6. The first-order valence-corrected chi connectivity index (χ1v) is 17.6. The number of aliphatic hydroxyl groups excluding tert-OH is 17. The molecule has 0 aromatic heterocycles. The number of aliphatic hydroxyl groups is 17. The standard InChI is InChI=1S/C30H52O26/c31-1-6-12(37)17(42)25(26(47)48-6)56-30-21(46)24(15(40)10(5-35)52-30)55-29-20(45)23(14(39)9(4-34)51-29)54-28-19(44)22(13(38)8(3-33)50-28)53-27-18(43)16(41)11(36)7(2-32)49-27/h6-47H,1-5H2/t6-,7-,8-,9-,10-,11-,12-,13-,14-,15-,16+,17+,18+,19+,20+,21+,22+,23+,24+,25+,26+,27-,28-,29-,30-/m1/s1. The topological polar surface area (TPSA) is 427 Å². The first-order valence-electron chi connectivity index (χ1n) is 17.6. The molecule has 25 atom stereocenters. The molecule has 17 N–H and O–H groups in total.